The highest BCUT2D eigenvalue weighted by atomic mass is 16.5. The number of rotatable bonds is 5. The van der Waals surface area contributed by atoms with E-state index in [0.717, 1.165) is 12.8 Å². The van der Waals surface area contributed by atoms with Crippen molar-refractivity contribution in [3.8, 4) is 0 Å². The van der Waals surface area contributed by atoms with Crippen molar-refractivity contribution in [1.82, 2.24) is 15.1 Å². The zero-order valence-electron chi connectivity index (χ0n) is 12.1. The molecule has 2 aliphatic rings. The summed E-state index contributed by atoms with van der Waals surface area (Å²) in [5.74, 6) is -1.22. The molecular weight excluding hydrogens is 278 g/mol. The third kappa shape index (κ3) is 4.32. The van der Waals surface area contributed by atoms with Crippen LogP contribution in [0.3, 0.4) is 0 Å². The number of carboxylic acid groups (broad SMARTS) is 1. The van der Waals surface area contributed by atoms with Crippen LogP contribution in [-0.4, -0.2) is 77.7 Å². The van der Waals surface area contributed by atoms with Gasteiger partial charge in [0.2, 0.25) is 5.91 Å². The highest BCUT2D eigenvalue weighted by Crippen LogP contribution is 2.26. The average Bonchev–Trinajstić information content (AvgIpc) is 3.29. The first-order chi connectivity index (χ1) is 9.99. The van der Waals surface area contributed by atoms with Gasteiger partial charge < -0.3 is 25.0 Å². The normalized spacial score (nSPS) is 19.8. The lowest BCUT2D eigenvalue weighted by Crippen LogP contribution is -2.54. The van der Waals surface area contributed by atoms with Crippen molar-refractivity contribution >= 4 is 17.9 Å². The predicted molar refractivity (Wildman–Crippen MR) is 72.8 cm³/mol. The fourth-order valence-corrected chi connectivity index (χ4v) is 2.29. The third-order valence-electron chi connectivity index (χ3n) is 3.59. The van der Waals surface area contributed by atoms with Gasteiger partial charge in [0.1, 0.15) is 12.6 Å². The van der Waals surface area contributed by atoms with E-state index in [-0.39, 0.29) is 18.5 Å². The van der Waals surface area contributed by atoms with E-state index in [2.05, 4.69) is 5.32 Å². The number of carbonyl (C=O) groups excluding carboxylic acids is 2. The van der Waals surface area contributed by atoms with Crippen LogP contribution in [0.15, 0.2) is 0 Å². The molecule has 0 aromatic carbocycles. The highest BCUT2D eigenvalue weighted by molar-refractivity contribution is 5.88. The Bertz CT molecular complexity index is 418. The van der Waals surface area contributed by atoms with Gasteiger partial charge in [0, 0.05) is 19.1 Å². The number of morpholine rings is 1. The number of hydrogen-bond acceptors (Lipinski definition) is 4. The van der Waals surface area contributed by atoms with Gasteiger partial charge in [-0.05, 0) is 19.8 Å². The molecule has 0 radical (unpaired) electrons. The van der Waals surface area contributed by atoms with Crippen LogP contribution < -0.4 is 5.32 Å². The zero-order chi connectivity index (χ0) is 15.4. The van der Waals surface area contributed by atoms with E-state index in [1.165, 1.54) is 4.90 Å². The molecule has 1 heterocycles. The van der Waals surface area contributed by atoms with Crippen LogP contribution in [0.5, 0.6) is 0 Å². The first-order valence-electron chi connectivity index (χ1n) is 7.14. The summed E-state index contributed by atoms with van der Waals surface area (Å²) in [6.07, 6.45) is 1.62. The van der Waals surface area contributed by atoms with Crippen molar-refractivity contribution in [2.75, 3.05) is 32.8 Å². The summed E-state index contributed by atoms with van der Waals surface area (Å²) in [6, 6.07) is -1.19. The lowest BCUT2D eigenvalue weighted by atomic mass is 10.2. The number of ether oxygens (including phenoxy) is 1. The molecule has 0 aromatic rings. The summed E-state index contributed by atoms with van der Waals surface area (Å²) in [4.78, 5) is 38.0. The van der Waals surface area contributed by atoms with Crippen LogP contribution in [0.1, 0.15) is 19.8 Å². The van der Waals surface area contributed by atoms with E-state index in [1.807, 2.05) is 0 Å². The van der Waals surface area contributed by atoms with Crippen molar-refractivity contribution in [1.29, 1.82) is 0 Å². The molecule has 21 heavy (non-hydrogen) atoms. The van der Waals surface area contributed by atoms with Crippen LogP contribution in [0.2, 0.25) is 0 Å². The molecule has 2 fully saturated rings. The number of hydrogen-bond donors (Lipinski definition) is 2. The van der Waals surface area contributed by atoms with Gasteiger partial charge in [0.05, 0.1) is 13.2 Å². The lowest BCUT2D eigenvalue weighted by molar-refractivity contribution is -0.137. The predicted octanol–water partition coefficient (Wildman–Crippen LogP) is -0.508. The van der Waals surface area contributed by atoms with E-state index in [1.54, 1.807) is 11.8 Å². The summed E-state index contributed by atoms with van der Waals surface area (Å²) < 4.78 is 5.18. The molecule has 118 valence electrons. The van der Waals surface area contributed by atoms with Crippen molar-refractivity contribution in [3.63, 3.8) is 0 Å². The quantitative estimate of drug-likeness (QED) is 0.712. The minimum atomic E-state index is -1.05. The Labute approximate surface area is 123 Å². The van der Waals surface area contributed by atoms with Crippen LogP contribution >= 0.6 is 0 Å². The fourth-order valence-electron chi connectivity index (χ4n) is 2.29. The average molecular weight is 299 g/mol. The molecule has 0 bridgehead atoms. The van der Waals surface area contributed by atoms with E-state index in [9.17, 15) is 14.4 Å². The second-order valence-corrected chi connectivity index (χ2v) is 5.36. The molecule has 3 amide bonds. The monoisotopic (exact) mass is 299 g/mol. The number of carbonyl (C=O) groups is 3. The van der Waals surface area contributed by atoms with Crippen molar-refractivity contribution in [2.24, 2.45) is 0 Å². The molecule has 2 rings (SSSR count). The maximum atomic E-state index is 12.2. The Hall–Kier alpha value is -1.83. The van der Waals surface area contributed by atoms with E-state index in [4.69, 9.17) is 9.84 Å². The molecule has 1 unspecified atom stereocenters. The van der Waals surface area contributed by atoms with Gasteiger partial charge in [-0.1, -0.05) is 0 Å². The fraction of sp³-hybridized carbons (Fsp3) is 0.769. The molecule has 2 N–H and O–H groups in total. The van der Waals surface area contributed by atoms with Crippen molar-refractivity contribution < 1.29 is 24.2 Å². The summed E-state index contributed by atoms with van der Waals surface area (Å²) in [7, 11) is 0. The molecule has 8 nitrogen and oxygen atoms in total. The Morgan fingerprint density at radius 1 is 1.33 bits per heavy atom. The number of aliphatic carboxylic acids is 1. The number of urea groups is 1. The van der Waals surface area contributed by atoms with Gasteiger partial charge >= 0.3 is 12.0 Å². The van der Waals surface area contributed by atoms with Gasteiger partial charge in [-0.3, -0.25) is 9.59 Å². The number of nitrogens with zero attached hydrogens (tertiary/aromatic N) is 2. The molecule has 1 aliphatic heterocycles. The minimum absolute atomic E-state index is 0.0215. The molecule has 0 spiro atoms. The Balaban J connectivity index is 1.87. The maximum absolute atomic E-state index is 12.2. The van der Waals surface area contributed by atoms with E-state index < -0.39 is 18.0 Å². The Morgan fingerprint density at radius 3 is 2.48 bits per heavy atom. The summed E-state index contributed by atoms with van der Waals surface area (Å²) in [5.41, 5.74) is 0. The minimum Gasteiger partial charge on any atom is -0.480 e. The molecule has 1 saturated heterocycles. The largest absolute Gasteiger partial charge is 0.480 e. The maximum Gasteiger partial charge on any atom is 0.323 e. The number of nitrogens with one attached hydrogen (secondary N) is 1. The van der Waals surface area contributed by atoms with E-state index >= 15 is 0 Å². The summed E-state index contributed by atoms with van der Waals surface area (Å²) in [6.45, 7) is 3.30. The zero-order valence-corrected chi connectivity index (χ0v) is 12.1. The standard InChI is InChI=1S/C13H21N3O5/c1-9(12(19)15-4-6-21-7-5-15)14-13(20)16(8-11(17)18)10-2-3-10/h9-10H,2-8H2,1H3,(H,14,20)(H,17,18). The molecular formula is C13H21N3O5. The number of carboxylic acids is 1. The Kier molecular flexibility index (Phi) is 5.00. The summed E-state index contributed by atoms with van der Waals surface area (Å²) in [5, 5.41) is 11.4. The van der Waals surface area contributed by atoms with Gasteiger partial charge in [-0.15, -0.1) is 0 Å². The van der Waals surface area contributed by atoms with E-state index in [0.29, 0.717) is 26.3 Å². The van der Waals surface area contributed by atoms with Crippen LogP contribution in [0.25, 0.3) is 0 Å². The van der Waals surface area contributed by atoms with Gasteiger partial charge in [0.15, 0.2) is 0 Å². The van der Waals surface area contributed by atoms with Crippen LogP contribution in [0, 0.1) is 0 Å². The smallest absolute Gasteiger partial charge is 0.323 e. The summed E-state index contributed by atoms with van der Waals surface area (Å²) >= 11 is 0. The lowest BCUT2D eigenvalue weighted by Gasteiger charge is -2.30. The SMILES string of the molecule is CC(NC(=O)N(CC(=O)O)C1CC1)C(=O)N1CCOCC1. The first-order valence-corrected chi connectivity index (χ1v) is 7.14. The van der Waals surface area contributed by atoms with Crippen molar-refractivity contribution in [2.45, 2.75) is 31.8 Å². The highest BCUT2D eigenvalue weighted by Gasteiger charge is 2.35. The van der Waals surface area contributed by atoms with Gasteiger partial charge in [-0.2, -0.15) is 0 Å². The second kappa shape index (κ2) is 6.75. The third-order valence-corrected chi connectivity index (χ3v) is 3.59. The van der Waals surface area contributed by atoms with Crippen LogP contribution in [-0.2, 0) is 14.3 Å². The van der Waals surface area contributed by atoms with Gasteiger partial charge in [-0.25, -0.2) is 4.79 Å². The molecule has 1 atom stereocenters. The van der Waals surface area contributed by atoms with Crippen molar-refractivity contribution in [3.05, 3.63) is 0 Å². The first kappa shape index (κ1) is 15.6. The molecule has 0 aromatic heterocycles. The van der Waals surface area contributed by atoms with Gasteiger partial charge in [0.25, 0.3) is 0 Å². The second-order valence-electron chi connectivity index (χ2n) is 5.36. The Morgan fingerprint density at radius 2 is 1.95 bits per heavy atom. The molecule has 1 saturated carbocycles. The molecule has 8 heteroatoms. The molecule has 1 aliphatic carbocycles. The number of amides is 3. The topological polar surface area (TPSA) is 99.2 Å². The van der Waals surface area contributed by atoms with Crippen LogP contribution in [0.4, 0.5) is 4.79 Å².